The maximum atomic E-state index is 2.33. The summed E-state index contributed by atoms with van der Waals surface area (Å²) >= 11 is 2.08. The zero-order chi connectivity index (χ0) is 10.9. The predicted octanol–water partition coefficient (Wildman–Crippen LogP) is 4.44. The third-order valence-corrected chi connectivity index (χ3v) is 6.54. The zero-order valence-electron chi connectivity index (χ0n) is 9.78. The van der Waals surface area contributed by atoms with Gasteiger partial charge >= 0.3 is 0 Å². The molecule has 0 bridgehead atoms. The molecule has 84 valence electrons. The minimum atomic E-state index is 0.342. The van der Waals surface area contributed by atoms with E-state index < -0.39 is 0 Å². The molecular weight excluding hydrogens is 219 g/mol. The molecule has 0 nitrogen and oxygen atoms in total. The maximum absolute atomic E-state index is 2.33. The Hall–Kier alpha value is 0. The summed E-state index contributed by atoms with van der Waals surface area (Å²) in [5.41, 5.74) is 1.46. The average molecular weight is 240 g/mol. The lowest BCUT2D eigenvalue weighted by Gasteiger charge is -2.12. The Balaban J connectivity index is 2.12. The highest BCUT2D eigenvalue weighted by molar-refractivity contribution is 7.98. The molecule has 0 aliphatic carbocycles. The fourth-order valence-corrected chi connectivity index (χ4v) is 4.70. The van der Waals surface area contributed by atoms with Crippen LogP contribution in [-0.4, -0.2) is 24.2 Å². The van der Waals surface area contributed by atoms with Gasteiger partial charge in [-0.3, -0.25) is 0 Å². The van der Waals surface area contributed by atoms with Crippen LogP contribution in [-0.2, 0) is 5.75 Å². The highest BCUT2D eigenvalue weighted by Crippen LogP contribution is 2.34. The molecule has 0 saturated heterocycles. The summed E-state index contributed by atoms with van der Waals surface area (Å²) in [4.78, 5) is 0. The summed E-state index contributed by atoms with van der Waals surface area (Å²) in [7, 11) is 0.342. The molecule has 1 rings (SSSR count). The summed E-state index contributed by atoms with van der Waals surface area (Å²) in [6, 6.07) is 10.8. The second-order valence-corrected chi connectivity index (χ2v) is 7.72. The monoisotopic (exact) mass is 240 g/mol. The summed E-state index contributed by atoms with van der Waals surface area (Å²) in [5.74, 6) is 2.51. The second-order valence-electron chi connectivity index (χ2n) is 3.57. The molecule has 15 heavy (non-hydrogen) atoms. The van der Waals surface area contributed by atoms with Gasteiger partial charge in [-0.05, 0) is 29.8 Å². The van der Waals surface area contributed by atoms with Gasteiger partial charge < -0.3 is 0 Å². The highest BCUT2D eigenvalue weighted by Gasteiger charge is 2.01. The van der Waals surface area contributed by atoms with Crippen molar-refractivity contribution in [3.05, 3.63) is 35.9 Å². The summed E-state index contributed by atoms with van der Waals surface area (Å²) in [5, 5.41) is 0. The fraction of sp³-hybridized carbons (Fsp3) is 0.538. The van der Waals surface area contributed by atoms with Gasteiger partial charge in [0.2, 0.25) is 0 Å². The van der Waals surface area contributed by atoms with Crippen LogP contribution in [0.2, 0.25) is 0 Å². The number of rotatable bonds is 7. The molecule has 0 spiro atoms. The Bertz CT molecular complexity index is 244. The van der Waals surface area contributed by atoms with E-state index in [0.29, 0.717) is 7.92 Å². The number of hydrogen-bond acceptors (Lipinski definition) is 1. The second kappa shape index (κ2) is 8.19. The van der Waals surface area contributed by atoms with E-state index >= 15 is 0 Å². The molecule has 0 aromatic heterocycles. The van der Waals surface area contributed by atoms with Gasteiger partial charge in [-0.2, -0.15) is 11.8 Å². The van der Waals surface area contributed by atoms with Crippen LogP contribution >= 0.6 is 19.7 Å². The molecule has 0 fully saturated rings. The topological polar surface area (TPSA) is 0 Å². The third-order valence-electron chi connectivity index (χ3n) is 2.56. The Morgan fingerprint density at radius 1 is 1.07 bits per heavy atom. The predicted molar refractivity (Wildman–Crippen MR) is 75.5 cm³/mol. The largest absolute Gasteiger partial charge is 0.157 e. The molecule has 0 aliphatic heterocycles. The first kappa shape index (κ1) is 13.1. The Labute approximate surface area is 99.6 Å². The standard InChI is InChI=1S/C13H21PS/c1-3-14(4-2)10-11-15-12-13-8-6-5-7-9-13/h5-9H,3-4,10-12H2,1-2H3. The fourth-order valence-electron chi connectivity index (χ4n) is 1.50. The molecule has 2 heteroatoms. The molecule has 0 aliphatic rings. The lowest BCUT2D eigenvalue weighted by Crippen LogP contribution is -1.93. The van der Waals surface area contributed by atoms with Crippen LogP contribution in [0.1, 0.15) is 19.4 Å². The van der Waals surface area contributed by atoms with Crippen LogP contribution in [0.15, 0.2) is 30.3 Å². The zero-order valence-corrected chi connectivity index (χ0v) is 11.5. The van der Waals surface area contributed by atoms with Crippen LogP contribution in [0, 0.1) is 0 Å². The summed E-state index contributed by atoms with van der Waals surface area (Å²) < 4.78 is 0. The van der Waals surface area contributed by atoms with Crippen molar-refractivity contribution in [2.75, 3.05) is 24.2 Å². The van der Waals surface area contributed by atoms with Gasteiger partial charge in [0.1, 0.15) is 0 Å². The van der Waals surface area contributed by atoms with Crippen LogP contribution in [0.25, 0.3) is 0 Å². The number of thioether (sulfide) groups is 1. The average Bonchev–Trinajstić information content (AvgIpc) is 2.31. The maximum Gasteiger partial charge on any atom is 0.0184 e. The molecular formula is C13H21PS. The number of hydrogen-bond donors (Lipinski definition) is 0. The van der Waals surface area contributed by atoms with Gasteiger partial charge in [0, 0.05) is 5.75 Å². The Morgan fingerprint density at radius 3 is 2.33 bits per heavy atom. The van der Waals surface area contributed by atoms with Crippen LogP contribution in [0.4, 0.5) is 0 Å². The van der Waals surface area contributed by atoms with Gasteiger partial charge in [0.15, 0.2) is 0 Å². The van der Waals surface area contributed by atoms with Gasteiger partial charge in [-0.1, -0.05) is 44.2 Å². The lowest BCUT2D eigenvalue weighted by atomic mass is 10.2. The van der Waals surface area contributed by atoms with E-state index in [9.17, 15) is 0 Å². The molecule has 0 saturated carbocycles. The Kier molecular flexibility index (Phi) is 7.13. The SMILES string of the molecule is CCP(CC)CCSCc1ccccc1. The minimum absolute atomic E-state index is 0.342. The van der Waals surface area contributed by atoms with E-state index in [-0.39, 0.29) is 0 Å². The molecule has 0 heterocycles. The van der Waals surface area contributed by atoms with Crippen LogP contribution in [0.5, 0.6) is 0 Å². The van der Waals surface area contributed by atoms with Gasteiger partial charge in [0.25, 0.3) is 0 Å². The molecule has 0 unspecified atom stereocenters. The van der Waals surface area contributed by atoms with Crippen molar-refractivity contribution in [2.45, 2.75) is 19.6 Å². The summed E-state index contributed by atoms with van der Waals surface area (Å²) in [6.45, 7) is 4.66. The first-order chi connectivity index (χ1) is 7.36. The van der Waals surface area contributed by atoms with E-state index in [4.69, 9.17) is 0 Å². The van der Waals surface area contributed by atoms with E-state index in [1.165, 1.54) is 35.6 Å². The van der Waals surface area contributed by atoms with Crippen molar-refractivity contribution in [1.82, 2.24) is 0 Å². The lowest BCUT2D eigenvalue weighted by molar-refractivity contribution is 1.34. The van der Waals surface area contributed by atoms with Gasteiger partial charge in [-0.25, -0.2) is 0 Å². The molecule has 1 aromatic rings. The molecule has 1 aromatic carbocycles. The smallest absolute Gasteiger partial charge is 0.0184 e. The molecule has 0 amide bonds. The first-order valence-corrected chi connectivity index (χ1v) is 8.76. The quantitative estimate of drug-likeness (QED) is 0.501. The van der Waals surface area contributed by atoms with Crippen LogP contribution in [0.3, 0.4) is 0 Å². The minimum Gasteiger partial charge on any atom is -0.157 e. The highest BCUT2D eigenvalue weighted by atomic mass is 32.2. The first-order valence-electron chi connectivity index (χ1n) is 5.70. The van der Waals surface area contributed by atoms with E-state index in [1.54, 1.807) is 0 Å². The van der Waals surface area contributed by atoms with E-state index in [0.717, 1.165) is 0 Å². The normalized spacial score (nSPS) is 10.9. The van der Waals surface area contributed by atoms with Gasteiger partial charge in [-0.15, -0.1) is 7.92 Å². The van der Waals surface area contributed by atoms with Crippen molar-refractivity contribution in [2.24, 2.45) is 0 Å². The van der Waals surface area contributed by atoms with E-state index in [2.05, 4.69) is 55.9 Å². The number of benzene rings is 1. The van der Waals surface area contributed by atoms with Gasteiger partial charge in [0.05, 0.1) is 0 Å². The summed E-state index contributed by atoms with van der Waals surface area (Å²) in [6.07, 6.45) is 4.25. The van der Waals surface area contributed by atoms with Crippen molar-refractivity contribution in [3.63, 3.8) is 0 Å². The van der Waals surface area contributed by atoms with E-state index in [1.807, 2.05) is 0 Å². The Morgan fingerprint density at radius 2 is 1.73 bits per heavy atom. The molecule has 0 atom stereocenters. The van der Waals surface area contributed by atoms with Crippen molar-refractivity contribution >= 4 is 19.7 Å². The third kappa shape index (κ3) is 5.58. The van der Waals surface area contributed by atoms with Crippen molar-refractivity contribution in [3.8, 4) is 0 Å². The van der Waals surface area contributed by atoms with Crippen molar-refractivity contribution in [1.29, 1.82) is 0 Å². The van der Waals surface area contributed by atoms with Crippen molar-refractivity contribution < 1.29 is 0 Å². The molecule has 0 N–H and O–H groups in total. The molecule has 0 radical (unpaired) electrons. The van der Waals surface area contributed by atoms with Crippen LogP contribution < -0.4 is 0 Å².